The van der Waals surface area contributed by atoms with Gasteiger partial charge < -0.3 is 5.73 Å². The Balaban J connectivity index is 2.39. The summed E-state index contributed by atoms with van der Waals surface area (Å²) in [6, 6.07) is 1.74. The summed E-state index contributed by atoms with van der Waals surface area (Å²) in [6.07, 6.45) is 0.642. The average Bonchev–Trinajstić information content (AvgIpc) is 2.55. The van der Waals surface area contributed by atoms with Crippen molar-refractivity contribution in [2.45, 2.75) is 29.9 Å². The molecule has 0 radical (unpaired) electrons. The van der Waals surface area contributed by atoms with Crippen LogP contribution in [0.15, 0.2) is 17.0 Å². The molecule has 21 heavy (non-hydrogen) atoms. The molecule has 2 N–H and O–H groups in total. The number of hydrogen-bond acceptors (Lipinski definition) is 4. The zero-order valence-electron chi connectivity index (χ0n) is 11.9. The minimum atomic E-state index is -4.09. The lowest BCUT2D eigenvalue weighted by Gasteiger charge is -2.22. The van der Waals surface area contributed by atoms with Crippen molar-refractivity contribution in [3.63, 3.8) is 0 Å². The first kappa shape index (κ1) is 16.5. The predicted octanol–water partition coefficient (Wildman–Crippen LogP) is 2.45. The summed E-state index contributed by atoms with van der Waals surface area (Å²) in [6.45, 7) is 4.62. The van der Waals surface area contributed by atoms with Crippen LogP contribution in [0.2, 0.25) is 0 Å². The Kier molecular flexibility index (Phi) is 4.51. The molecule has 118 valence electrons. The van der Waals surface area contributed by atoms with Crippen LogP contribution in [0.3, 0.4) is 0 Å². The third-order valence-electron chi connectivity index (χ3n) is 3.43. The third kappa shape index (κ3) is 3.49. The molecule has 1 saturated heterocycles. The van der Waals surface area contributed by atoms with Gasteiger partial charge in [0.2, 0.25) is 10.0 Å². The van der Waals surface area contributed by atoms with Gasteiger partial charge in [0, 0.05) is 29.3 Å². The first-order valence-corrected chi connectivity index (χ1v) is 8.95. The third-order valence-corrected chi connectivity index (χ3v) is 6.70. The molecular weight excluding hydrogens is 318 g/mol. The second-order valence-electron chi connectivity index (χ2n) is 5.58. The van der Waals surface area contributed by atoms with Crippen LogP contribution in [0.4, 0.5) is 14.5 Å². The number of benzene rings is 1. The smallest absolute Gasteiger partial charge is 0.246 e. The number of sulfonamides is 1. The summed E-state index contributed by atoms with van der Waals surface area (Å²) >= 11 is 1.67. The normalized spacial score (nSPS) is 20.2. The van der Waals surface area contributed by atoms with Crippen LogP contribution in [0.5, 0.6) is 0 Å². The number of nitrogens with zero attached hydrogens (tertiary/aromatic N) is 1. The molecule has 0 spiro atoms. The van der Waals surface area contributed by atoms with Crippen LogP contribution in [0.1, 0.15) is 20.3 Å². The first-order chi connectivity index (χ1) is 9.63. The summed E-state index contributed by atoms with van der Waals surface area (Å²) in [5.41, 5.74) is 5.32. The molecule has 1 aromatic carbocycles. The predicted molar refractivity (Wildman–Crippen MR) is 80.7 cm³/mol. The van der Waals surface area contributed by atoms with Gasteiger partial charge >= 0.3 is 0 Å². The second kappa shape index (κ2) is 5.73. The maximum absolute atomic E-state index is 13.8. The Morgan fingerprint density at radius 3 is 2.62 bits per heavy atom. The highest BCUT2D eigenvalue weighted by molar-refractivity contribution is 8.00. The van der Waals surface area contributed by atoms with Gasteiger partial charge in [-0.3, -0.25) is 0 Å². The van der Waals surface area contributed by atoms with E-state index in [1.807, 2.05) is 13.8 Å². The average molecular weight is 336 g/mol. The van der Waals surface area contributed by atoms with Gasteiger partial charge in [0.25, 0.3) is 0 Å². The van der Waals surface area contributed by atoms with Crippen molar-refractivity contribution in [3.8, 4) is 0 Å². The summed E-state index contributed by atoms with van der Waals surface area (Å²) in [4.78, 5) is -0.690. The molecule has 0 saturated carbocycles. The van der Waals surface area contributed by atoms with Crippen molar-refractivity contribution in [2.24, 2.45) is 0 Å². The fourth-order valence-corrected chi connectivity index (χ4v) is 4.92. The topological polar surface area (TPSA) is 63.4 Å². The molecule has 1 aromatic rings. The van der Waals surface area contributed by atoms with E-state index in [-0.39, 0.29) is 23.5 Å². The van der Waals surface area contributed by atoms with E-state index in [0.717, 1.165) is 12.1 Å². The Morgan fingerprint density at radius 1 is 1.29 bits per heavy atom. The van der Waals surface area contributed by atoms with E-state index >= 15 is 0 Å². The molecule has 1 heterocycles. The molecule has 1 fully saturated rings. The van der Waals surface area contributed by atoms with Gasteiger partial charge in [-0.2, -0.15) is 16.1 Å². The Hall–Kier alpha value is -0.860. The Bertz CT molecular complexity index is 648. The van der Waals surface area contributed by atoms with Gasteiger partial charge in [-0.05, 0) is 18.6 Å². The van der Waals surface area contributed by atoms with Gasteiger partial charge in [-0.15, -0.1) is 0 Å². The zero-order chi connectivity index (χ0) is 15.8. The summed E-state index contributed by atoms with van der Waals surface area (Å²) in [7, 11) is -4.09. The standard InChI is InChI=1S/C13H18F2N2O2S2/c1-13(2)3-4-17(5-6-20-13)21(18,19)11-8-9(16)7-10(14)12(11)15/h7-8H,3-6,16H2,1-2H3. The minimum absolute atomic E-state index is 0.0379. The highest BCUT2D eigenvalue weighted by Crippen LogP contribution is 2.33. The van der Waals surface area contributed by atoms with E-state index in [1.54, 1.807) is 11.8 Å². The van der Waals surface area contributed by atoms with Gasteiger partial charge in [0.05, 0.1) is 0 Å². The van der Waals surface area contributed by atoms with Crippen LogP contribution in [0, 0.1) is 11.6 Å². The highest BCUT2D eigenvalue weighted by Gasteiger charge is 2.33. The van der Waals surface area contributed by atoms with Crippen LogP contribution in [-0.2, 0) is 10.0 Å². The highest BCUT2D eigenvalue weighted by atomic mass is 32.2. The fourth-order valence-electron chi connectivity index (χ4n) is 2.15. The lowest BCUT2D eigenvalue weighted by atomic mass is 10.1. The van der Waals surface area contributed by atoms with Crippen LogP contribution < -0.4 is 5.73 Å². The lowest BCUT2D eigenvalue weighted by molar-refractivity contribution is 0.408. The van der Waals surface area contributed by atoms with E-state index in [9.17, 15) is 17.2 Å². The van der Waals surface area contributed by atoms with Gasteiger partial charge in [0.1, 0.15) is 4.90 Å². The van der Waals surface area contributed by atoms with E-state index in [4.69, 9.17) is 5.73 Å². The number of rotatable bonds is 2. The summed E-state index contributed by atoms with van der Waals surface area (Å²) in [5, 5.41) is 0. The van der Waals surface area contributed by atoms with Crippen molar-refractivity contribution in [1.82, 2.24) is 4.31 Å². The van der Waals surface area contributed by atoms with Crippen LogP contribution in [-0.4, -0.2) is 36.3 Å². The molecule has 0 aliphatic carbocycles. The number of nitrogens with two attached hydrogens (primary N) is 1. The largest absolute Gasteiger partial charge is 0.399 e. The maximum atomic E-state index is 13.8. The monoisotopic (exact) mass is 336 g/mol. The molecule has 0 aromatic heterocycles. The molecule has 4 nitrogen and oxygen atoms in total. The van der Waals surface area contributed by atoms with E-state index in [1.165, 1.54) is 4.31 Å². The SMILES string of the molecule is CC1(C)CCN(S(=O)(=O)c2cc(N)cc(F)c2F)CCS1. The van der Waals surface area contributed by atoms with Gasteiger partial charge in [-0.1, -0.05) is 13.8 Å². The Labute approximate surface area is 127 Å². The summed E-state index contributed by atoms with van der Waals surface area (Å²) < 4.78 is 53.5. The molecular formula is C13H18F2N2O2S2. The lowest BCUT2D eigenvalue weighted by Crippen LogP contribution is -2.34. The van der Waals surface area contributed by atoms with E-state index in [0.29, 0.717) is 12.2 Å². The fraction of sp³-hybridized carbons (Fsp3) is 0.538. The number of hydrogen-bond donors (Lipinski definition) is 1. The number of anilines is 1. The van der Waals surface area contributed by atoms with Crippen molar-refractivity contribution in [2.75, 3.05) is 24.6 Å². The van der Waals surface area contributed by atoms with Crippen molar-refractivity contribution < 1.29 is 17.2 Å². The van der Waals surface area contributed by atoms with Gasteiger partial charge in [0.15, 0.2) is 11.6 Å². The molecule has 8 heteroatoms. The molecule has 2 rings (SSSR count). The quantitative estimate of drug-likeness (QED) is 0.843. The molecule has 1 aliphatic heterocycles. The van der Waals surface area contributed by atoms with E-state index < -0.39 is 26.6 Å². The number of nitrogen functional groups attached to an aromatic ring is 1. The number of thioether (sulfide) groups is 1. The molecule has 1 aliphatic rings. The zero-order valence-corrected chi connectivity index (χ0v) is 13.5. The minimum Gasteiger partial charge on any atom is -0.399 e. The van der Waals surface area contributed by atoms with Crippen molar-refractivity contribution in [1.29, 1.82) is 0 Å². The molecule has 0 atom stereocenters. The summed E-state index contributed by atoms with van der Waals surface area (Å²) in [5.74, 6) is -2.02. The molecule has 0 bridgehead atoms. The second-order valence-corrected chi connectivity index (χ2v) is 9.29. The van der Waals surface area contributed by atoms with Crippen LogP contribution >= 0.6 is 11.8 Å². The van der Waals surface area contributed by atoms with E-state index in [2.05, 4.69) is 0 Å². The van der Waals surface area contributed by atoms with Crippen molar-refractivity contribution in [3.05, 3.63) is 23.8 Å². The molecule has 0 unspecified atom stereocenters. The maximum Gasteiger partial charge on any atom is 0.246 e. The first-order valence-electron chi connectivity index (χ1n) is 6.52. The van der Waals surface area contributed by atoms with Crippen LogP contribution in [0.25, 0.3) is 0 Å². The molecule has 0 amide bonds. The van der Waals surface area contributed by atoms with Gasteiger partial charge in [-0.25, -0.2) is 17.2 Å². The number of halogens is 2. The van der Waals surface area contributed by atoms with Crippen molar-refractivity contribution >= 4 is 27.5 Å². The Morgan fingerprint density at radius 2 is 1.95 bits per heavy atom.